The first kappa shape index (κ1) is 4.99. The Morgan fingerprint density at radius 1 is 1.67 bits per heavy atom. The second-order valence-corrected chi connectivity index (χ2v) is 2.87. The molecule has 0 fully saturated rings. The summed E-state index contributed by atoms with van der Waals surface area (Å²) in [5.41, 5.74) is 4.11. The average Bonchev–Trinajstić information content (AvgIpc) is 2.22. The molecule has 9 heavy (non-hydrogen) atoms. The molecule has 0 aromatic carbocycles. The van der Waals surface area contributed by atoms with E-state index < -0.39 is 0 Å². The molecule has 46 valence electrons. The van der Waals surface area contributed by atoms with Crippen molar-refractivity contribution in [1.82, 2.24) is 9.97 Å². The lowest BCUT2D eigenvalue weighted by Gasteiger charge is -1.73. The van der Waals surface area contributed by atoms with Crippen LogP contribution in [0.25, 0.3) is 10.3 Å². The highest BCUT2D eigenvalue weighted by atomic mass is 32.1. The number of fused-ring (bicyclic) bond motifs is 1. The maximum Gasteiger partial charge on any atom is 0.120 e. The van der Waals surface area contributed by atoms with Crippen LogP contribution in [0.15, 0.2) is 11.6 Å². The van der Waals surface area contributed by atoms with Crippen LogP contribution in [0.2, 0.25) is 0 Å². The van der Waals surface area contributed by atoms with Gasteiger partial charge in [0, 0.05) is 5.69 Å². The van der Waals surface area contributed by atoms with E-state index in [-0.39, 0.29) is 0 Å². The number of nitrogens with one attached hydrogen (secondary N) is 1. The highest BCUT2D eigenvalue weighted by Crippen LogP contribution is 2.16. The fraction of sp³-hybridized carbons (Fsp3) is 0.167. The Hall–Kier alpha value is -0.830. The van der Waals surface area contributed by atoms with Gasteiger partial charge in [0.1, 0.15) is 4.83 Å². The van der Waals surface area contributed by atoms with E-state index in [9.17, 15) is 0 Å². The summed E-state index contributed by atoms with van der Waals surface area (Å²) in [5, 5.41) is 0. The van der Waals surface area contributed by atoms with Gasteiger partial charge in [-0.05, 0) is 13.0 Å². The minimum atomic E-state index is 1.08. The van der Waals surface area contributed by atoms with Crippen LogP contribution in [0.3, 0.4) is 0 Å². The third-order valence-electron chi connectivity index (χ3n) is 1.26. The molecule has 0 saturated carbocycles. The van der Waals surface area contributed by atoms with Gasteiger partial charge in [-0.15, -0.1) is 11.3 Å². The van der Waals surface area contributed by atoms with Crippen LogP contribution in [0.1, 0.15) is 5.69 Å². The van der Waals surface area contributed by atoms with Crippen LogP contribution >= 0.6 is 11.3 Å². The number of thiazole rings is 1. The Labute approximate surface area is 56.5 Å². The Bertz CT molecular complexity index is 292. The lowest BCUT2D eigenvalue weighted by molar-refractivity contribution is 1.31. The summed E-state index contributed by atoms with van der Waals surface area (Å²) in [5.74, 6) is 0. The van der Waals surface area contributed by atoms with E-state index in [1.54, 1.807) is 11.3 Å². The number of hydrogen-bond donors (Lipinski definition) is 1. The van der Waals surface area contributed by atoms with Crippen molar-refractivity contribution >= 4 is 21.7 Å². The Kier molecular flexibility index (Phi) is 0.873. The normalized spacial score (nSPS) is 10.8. The number of aryl methyl sites for hydroxylation is 1. The minimum Gasteiger partial charge on any atom is -0.349 e. The summed E-state index contributed by atoms with van der Waals surface area (Å²) in [7, 11) is 0. The van der Waals surface area contributed by atoms with Gasteiger partial charge in [-0.2, -0.15) is 0 Å². The summed E-state index contributed by atoms with van der Waals surface area (Å²) in [6.45, 7) is 2.04. The van der Waals surface area contributed by atoms with Crippen LogP contribution in [-0.4, -0.2) is 9.97 Å². The van der Waals surface area contributed by atoms with Gasteiger partial charge in [-0.1, -0.05) is 0 Å². The molecule has 0 bridgehead atoms. The molecule has 0 saturated heterocycles. The van der Waals surface area contributed by atoms with Gasteiger partial charge in [-0.3, -0.25) is 0 Å². The van der Waals surface area contributed by atoms with Gasteiger partial charge in [-0.25, -0.2) is 4.98 Å². The van der Waals surface area contributed by atoms with Gasteiger partial charge in [0.25, 0.3) is 0 Å². The second kappa shape index (κ2) is 1.57. The molecule has 0 aliphatic carbocycles. The van der Waals surface area contributed by atoms with Crippen molar-refractivity contribution in [3.8, 4) is 0 Å². The maximum atomic E-state index is 4.13. The third-order valence-corrected chi connectivity index (χ3v) is 2.02. The summed E-state index contributed by atoms with van der Waals surface area (Å²) in [6, 6.07) is 2.05. The van der Waals surface area contributed by atoms with E-state index in [0.717, 1.165) is 5.52 Å². The molecule has 2 rings (SSSR count). The molecule has 2 aromatic rings. The zero-order valence-corrected chi connectivity index (χ0v) is 5.83. The maximum absolute atomic E-state index is 4.13. The molecule has 0 atom stereocenters. The monoisotopic (exact) mass is 138 g/mol. The fourth-order valence-corrected chi connectivity index (χ4v) is 1.60. The lowest BCUT2D eigenvalue weighted by atomic mass is 10.5. The third kappa shape index (κ3) is 0.650. The van der Waals surface area contributed by atoms with Crippen molar-refractivity contribution < 1.29 is 0 Å². The SMILES string of the molecule is Cc1cc2ncsc2[nH]1. The summed E-state index contributed by atoms with van der Waals surface area (Å²) in [6.07, 6.45) is 0. The molecule has 0 aliphatic heterocycles. The fourth-order valence-electron chi connectivity index (χ4n) is 0.871. The van der Waals surface area contributed by atoms with Gasteiger partial charge in [0.05, 0.1) is 11.0 Å². The Balaban J connectivity index is 2.92. The summed E-state index contributed by atoms with van der Waals surface area (Å²) in [4.78, 5) is 8.49. The number of aromatic amines is 1. The Morgan fingerprint density at radius 3 is 3.33 bits per heavy atom. The number of aromatic nitrogens is 2. The first-order valence-electron chi connectivity index (χ1n) is 2.75. The zero-order chi connectivity index (χ0) is 6.27. The van der Waals surface area contributed by atoms with Crippen molar-refractivity contribution in [3.63, 3.8) is 0 Å². The molecule has 0 amide bonds. The van der Waals surface area contributed by atoms with Crippen LogP contribution in [0, 0.1) is 6.92 Å². The van der Waals surface area contributed by atoms with Gasteiger partial charge >= 0.3 is 0 Å². The van der Waals surface area contributed by atoms with E-state index in [2.05, 4.69) is 9.97 Å². The first-order chi connectivity index (χ1) is 4.36. The van der Waals surface area contributed by atoms with Crippen molar-refractivity contribution in [1.29, 1.82) is 0 Å². The van der Waals surface area contributed by atoms with E-state index in [1.165, 1.54) is 10.5 Å². The standard InChI is InChI=1S/C6H6N2S/c1-4-2-5-6(8-4)9-3-7-5/h2-3,8H,1H3. The minimum absolute atomic E-state index is 1.08. The van der Waals surface area contributed by atoms with Crippen molar-refractivity contribution in [2.24, 2.45) is 0 Å². The molecule has 2 aromatic heterocycles. The molecular formula is C6H6N2S. The lowest BCUT2D eigenvalue weighted by Crippen LogP contribution is -1.61. The molecule has 0 aliphatic rings. The van der Waals surface area contributed by atoms with E-state index in [1.807, 2.05) is 18.5 Å². The molecule has 3 heteroatoms. The second-order valence-electron chi connectivity index (χ2n) is 2.02. The molecule has 0 unspecified atom stereocenters. The van der Waals surface area contributed by atoms with Crippen LogP contribution < -0.4 is 0 Å². The molecular weight excluding hydrogens is 132 g/mol. The van der Waals surface area contributed by atoms with Gasteiger partial charge in [0.15, 0.2) is 0 Å². The smallest absolute Gasteiger partial charge is 0.120 e. The van der Waals surface area contributed by atoms with Crippen LogP contribution in [0.5, 0.6) is 0 Å². The molecule has 1 N–H and O–H groups in total. The predicted octanol–water partition coefficient (Wildman–Crippen LogP) is 1.93. The van der Waals surface area contributed by atoms with E-state index >= 15 is 0 Å². The zero-order valence-electron chi connectivity index (χ0n) is 5.01. The number of rotatable bonds is 0. The summed E-state index contributed by atoms with van der Waals surface area (Å²) < 4.78 is 0. The van der Waals surface area contributed by atoms with Crippen molar-refractivity contribution in [3.05, 3.63) is 17.3 Å². The van der Waals surface area contributed by atoms with Crippen LogP contribution in [0.4, 0.5) is 0 Å². The average molecular weight is 138 g/mol. The first-order valence-corrected chi connectivity index (χ1v) is 3.63. The molecule has 0 spiro atoms. The largest absolute Gasteiger partial charge is 0.349 e. The highest BCUT2D eigenvalue weighted by Gasteiger charge is 1.96. The number of hydrogen-bond acceptors (Lipinski definition) is 2. The quantitative estimate of drug-likeness (QED) is 0.592. The van der Waals surface area contributed by atoms with Gasteiger partial charge in [0.2, 0.25) is 0 Å². The number of nitrogens with zero attached hydrogens (tertiary/aromatic N) is 1. The molecule has 2 heterocycles. The van der Waals surface area contributed by atoms with Gasteiger partial charge < -0.3 is 4.98 Å². The van der Waals surface area contributed by atoms with Crippen molar-refractivity contribution in [2.75, 3.05) is 0 Å². The van der Waals surface area contributed by atoms with E-state index in [4.69, 9.17) is 0 Å². The summed E-state index contributed by atoms with van der Waals surface area (Å²) >= 11 is 1.64. The predicted molar refractivity (Wildman–Crippen MR) is 38.7 cm³/mol. The van der Waals surface area contributed by atoms with E-state index in [0.29, 0.717) is 0 Å². The Morgan fingerprint density at radius 2 is 2.56 bits per heavy atom. The molecule has 0 radical (unpaired) electrons. The molecule has 2 nitrogen and oxygen atoms in total. The van der Waals surface area contributed by atoms with Crippen LogP contribution in [-0.2, 0) is 0 Å². The topological polar surface area (TPSA) is 28.7 Å². The van der Waals surface area contributed by atoms with Crippen molar-refractivity contribution in [2.45, 2.75) is 6.92 Å². The number of H-pyrrole nitrogens is 1. The highest BCUT2D eigenvalue weighted by molar-refractivity contribution is 7.16.